The molecule has 116 valence electrons. The first-order chi connectivity index (χ1) is 10.3. The van der Waals surface area contributed by atoms with Gasteiger partial charge < -0.3 is 10.2 Å². The van der Waals surface area contributed by atoms with Crippen LogP contribution < -0.4 is 10.2 Å². The monoisotopic (exact) mass is 289 g/mol. The van der Waals surface area contributed by atoms with Gasteiger partial charge in [-0.1, -0.05) is 6.42 Å². The molecule has 1 atom stereocenters. The fraction of sp³-hybridized carbons (Fsp3) is 0.750. The second-order valence-electron chi connectivity index (χ2n) is 6.17. The Morgan fingerprint density at radius 1 is 1.19 bits per heavy atom. The molecule has 5 nitrogen and oxygen atoms in total. The van der Waals surface area contributed by atoms with Gasteiger partial charge in [-0.3, -0.25) is 4.90 Å². The van der Waals surface area contributed by atoms with Gasteiger partial charge >= 0.3 is 0 Å². The van der Waals surface area contributed by atoms with Crippen LogP contribution >= 0.6 is 0 Å². The molecule has 2 aliphatic heterocycles. The topological polar surface area (TPSA) is 44.3 Å². The Hall–Kier alpha value is -1.36. The Kier molecular flexibility index (Phi) is 4.58. The van der Waals surface area contributed by atoms with Crippen molar-refractivity contribution in [3.05, 3.63) is 11.9 Å². The predicted octanol–water partition coefficient (Wildman–Crippen LogP) is 2.28. The van der Waals surface area contributed by atoms with Crippen LogP contribution in [0.2, 0.25) is 0 Å². The van der Waals surface area contributed by atoms with Crippen LogP contribution in [-0.2, 0) is 0 Å². The maximum absolute atomic E-state index is 4.63. The quantitative estimate of drug-likeness (QED) is 0.921. The van der Waals surface area contributed by atoms with E-state index in [1.807, 2.05) is 6.92 Å². The van der Waals surface area contributed by atoms with E-state index in [9.17, 15) is 0 Å². The van der Waals surface area contributed by atoms with Gasteiger partial charge in [0.1, 0.15) is 17.5 Å². The number of nitrogens with zero attached hydrogens (tertiary/aromatic N) is 4. The maximum Gasteiger partial charge on any atom is 0.134 e. The zero-order valence-electron chi connectivity index (χ0n) is 13.3. The number of piperidine rings is 1. The number of nitrogens with one attached hydrogen (secondary N) is 1. The normalized spacial score (nSPS) is 23.5. The number of aromatic nitrogens is 2. The molecular formula is C16H27N5. The summed E-state index contributed by atoms with van der Waals surface area (Å²) in [5.41, 5.74) is 0. The Balaban J connectivity index is 1.67. The second kappa shape index (κ2) is 6.60. The molecule has 0 bridgehead atoms. The fourth-order valence-electron chi connectivity index (χ4n) is 3.52. The lowest BCUT2D eigenvalue weighted by Crippen LogP contribution is -2.41. The van der Waals surface area contributed by atoms with E-state index in [1.165, 1.54) is 38.8 Å². The molecule has 2 aliphatic rings. The molecule has 3 rings (SSSR count). The van der Waals surface area contributed by atoms with E-state index in [2.05, 4.69) is 38.1 Å². The number of hydrogen-bond acceptors (Lipinski definition) is 5. The van der Waals surface area contributed by atoms with Crippen molar-refractivity contribution in [2.45, 2.75) is 45.6 Å². The van der Waals surface area contributed by atoms with Crippen LogP contribution in [0.5, 0.6) is 0 Å². The molecule has 2 saturated heterocycles. The van der Waals surface area contributed by atoms with Crippen molar-refractivity contribution in [3.63, 3.8) is 0 Å². The molecule has 2 fully saturated rings. The van der Waals surface area contributed by atoms with Gasteiger partial charge in [0, 0.05) is 31.7 Å². The minimum Gasteiger partial charge on any atom is -0.370 e. The van der Waals surface area contributed by atoms with Crippen LogP contribution in [0.1, 0.15) is 38.4 Å². The number of anilines is 2. The van der Waals surface area contributed by atoms with Crippen molar-refractivity contribution in [3.8, 4) is 0 Å². The zero-order valence-corrected chi connectivity index (χ0v) is 13.3. The Bertz CT molecular complexity index is 470. The summed E-state index contributed by atoms with van der Waals surface area (Å²) in [6.07, 6.45) is 5.41. The van der Waals surface area contributed by atoms with E-state index in [1.54, 1.807) is 0 Å². The summed E-state index contributed by atoms with van der Waals surface area (Å²) in [5.74, 6) is 2.88. The highest BCUT2D eigenvalue weighted by Gasteiger charge is 2.29. The first-order valence-corrected chi connectivity index (χ1v) is 8.35. The Morgan fingerprint density at radius 2 is 2.00 bits per heavy atom. The molecule has 1 aromatic rings. The van der Waals surface area contributed by atoms with Crippen LogP contribution in [0.15, 0.2) is 6.07 Å². The van der Waals surface area contributed by atoms with Gasteiger partial charge in [-0.25, -0.2) is 9.97 Å². The lowest BCUT2D eigenvalue weighted by molar-refractivity contribution is 0.175. The average molecular weight is 289 g/mol. The zero-order chi connectivity index (χ0) is 14.7. The Labute approximate surface area is 127 Å². The number of rotatable bonds is 4. The van der Waals surface area contributed by atoms with Crippen molar-refractivity contribution < 1.29 is 0 Å². The first kappa shape index (κ1) is 14.6. The van der Waals surface area contributed by atoms with Crippen molar-refractivity contribution in [2.75, 3.05) is 42.9 Å². The summed E-state index contributed by atoms with van der Waals surface area (Å²) in [7, 11) is 0. The van der Waals surface area contributed by atoms with Crippen LogP contribution in [-0.4, -0.2) is 53.6 Å². The van der Waals surface area contributed by atoms with Crippen molar-refractivity contribution in [2.24, 2.45) is 0 Å². The van der Waals surface area contributed by atoms with Crippen LogP contribution in [0.4, 0.5) is 11.6 Å². The van der Waals surface area contributed by atoms with Gasteiger partial charge in [0.05, 0.1) is 0 Å². The first-order valence-electron chi connectivity index (χ1n) is 8.35. The van der Waals surface area contributed by atoms with Gasteiger partial charge in [0.15, 0.2) is 0 Å². The predicted molar refractivity (Wildman–Crippen MR) is 87.0 cm³/mol. The Morgan fingerprint density at radius 3 is 2.76 bits per heavy atom. The highest BCUT2D eigenvalue weighted by atomic mass is 15.3. The third-order valence-electron chi connectivity index (χ3n) is 4.58. The largest absolute Gasteiger partial charge is 0.370 e. The molecule has 3 heterocycles. The molecule has 0 amide bonds. The summed E-state index contributed by atoms with van der Waals surface area (Å²) in [4.78, 5) is 14.2. The number of hydrogen-bond donors (Lipinski definition) is 1. The number of aryl methyl sites for hydroxylation is 1. The molecule has 21 heavy (non-hydrogen) atoms. The van der Waals surface area contributed by atoms with Crippen LogP contribution in [0.3, 0.4) is 0 Å². The third kappa shape index (κ3) is 3.46. The van der Waals surface area contributed by atoms with E-state index in [0.29, 0.717) is 6.04 Å². The molecule has 0 saturated carbocycles. The minimum absolute atomic E-state index is 0.711. The van der Waals surface area contributed by atoms with Gasteiger partial charge in [0.2, 0.25) is 0 Å². The summed E-state index contributed by atoms with van der Waals surface area (Å²) >= 11 is 0. The van der Waals surface area contributed by atoms with Gasteiger partial charge in [-0.2, -0.15) is 0 Å². The summed E-state index contributed by atoms with van der Waals surface area (Å²) in [6, 6.07) is 2.80. The van der Waals surface area contributed by atoms with Gasteiger partial charge in [-0.05, 0) is 46.2 Å². The highest BCUT2D eigenvalue weighted by Crippen LogP contribution is 2.25. The fourth-order valence-corrected chi connectivity index (χ4v) is 3.52. The second-order valence-corrected chi connectivity index (χ2v) is 6.17. The van der Waals surface area contributed by atoms with E-state index < -0.39 is 0 Å². The standard InChI is InChI=1S/C16H27N5/c1-3-17-15-11-16(19-13(2)18-15)21-10-7-14(12-21)20-8-5-4-6-9-20/h11,14H,3-10,12H2,1-2H3,(H,17,18,19). The smallest absolute Gasteiger partial charge is 0.134 e. The van der Waals surface area contributed by atoms with Crippen molar-refractivity contribution >= 4 is 11.6 Å². The molecular weight excluding hydrogens is 262 g/mol. The van der Waals surface area contributed by atoms with Gasteiger partial charge in [-0.15, -0.1) is 0 Å². The van der Waals surface area contributed by atoms with Crippen LogP contribution in [0.25, 0.3) is 0 Å². The minimum atomic E-state index is 0.711. The molecule has 1 N–H and O–H groups in total. The van der Waals surface area contributed by atoms with E-state index >= 15 is 0 Å². The molecule has 0 radical (unpaired) electrons. The van der Waals surface area contributed by atoms with E-state index in [0.717, 1.165) is 37.1 Å². The lowest BCUT2D eigenvalue weighted by atomic mass is 10.1. The molecule has 0 spiro atoms. The molecule has 5 heteroatoms. The molecule has 0 aromatic carbocycles. The maximum atomic E-state index is 4.63. The van der Waals surface area contributed by atoms with E-state index in [-0.39, 0.29) is 0 Å². The molecule has 1 unspecified atom stereocenters. The van der Waals surface area contributed by atoms with Crippen LogP contribution in [0, 0.1) is 6.92 Å². The SMILES string of the molecule is CCNc1cc(N2CCC(N3CCCCC3)C2)nc(C)n1. The summed E-state index contributed by atoms with van der Waals surface area (Å²) in [5, 5.41) is 3.30. The highest BCUT2D eigenvalue weighted by molar-refractivity contribution is 5.50. The third-order valence-corrected chi connectivity index (χ3v) is 4.58. The lowest BCUT2D eigenvalue weighted by Gasteiger charge is -2.32. The van der Waals surface area contributed by atoms with Crippen molar-refractivity contribution in [1.29, 1.82) is 0 Å². The summed E-state index contributed by atoms with van der Waals surface area (Å²) < 4.78 is 0. The van der Waals surface area contributed by atoms with Gasteiger partial charge in [0.25, 0.3) is 0 Å². The molecule has 0 aliphatic carbocycles. The van der Waals surface area contributed by atoms with E-state index in [4.69, 9.17) is 0 Å². The average Bonchev–Trinajstić information content (AvgIpc) is 2.98. The molecule has 1 aromatic heterocycles. The number of likely N-dealkylation sites (tertiary alicyclic amines) is 1. The summed E-state index contributed by atoms with van der Waals surface area (Å²) in [6.45, 7) is 9.76. The van der Waals surface area contributed by atoms with Crippen molar-refractivity contribution in [1.82, 2.24) is 14.9 Å².